The summed E-state index contributed by atoms with van der Waals surface area (Å²) in [6.07, 6.45) is 6.73. The highest BCUT2D eigenvalue weighted by Gasteiger charge is 2.31. The van der Waals surface area contributed by atoms with Gasteiger partial charge in [0.2, 0.25) is 5.91 Å². The Bertz CT molecular complexity index is 912. The fraction of sp³-hybridized carbons (Fsp3) is 0.300. The van der Waals surface area contributed by atoms with Crippen LogP contribution in [-0.4, -0.2) is 51.2 Å². The highest BCUT2D eigenvalue weighted by atomic mass is 32.2. The first kappa shape index (κ1) is 21.1. The molecule has 0 unspecified atom stereocenters. The number of nitrogens with one attached hydrogen (secondary N) is 2. The van der Waals surface area contributed by atoms with Crippen molar-refractivity contribution >= 4 is 46.2 Å². The summed E-state index contributed by atoms with van der Waals surface area (Å²) in [5, 5.41) is 2.87. The zero-order chi connectivity index (χ0) is 20.6. The molecule has 1 aliphatic heterocycles. The fourth-order valence-electron chi connectivity index (χ4n) is 2.86. The molecular weight excluding hydrogens is 408 g/mol. The number of carbonyl (C=O) groups excluding carboxylic acids is 2. The number of benzene rings is 1. The van der Waals surface area contributed by atoms with E-state index in [1.165, 1.54) is 11.8 Å². The molecule has 3 rings (SSSR count). The van der Waals surface area contributed by atoms with Gasteiger partial charge in [0.05, 0.1) is 18.3 Å². The lowest BCUT2D eigenvalue weighted by molar-refractivity contribution is -0.123. The summed E-state index contributed by atoms with van der Waals surface area (Å²) in [4.78, 5) is 33.7. The lowest BCUT2D eigenvalue weighted by Crippen LogP contribution is -2.31. The van der Waals surface area contributed by atoms with Crippen LogP contribution in [0.1, 0.15) is 24.1 Å². The molecule has 2 heterocycles. The van der Waals surface area contributed by atoms with E-state index in [1.54, 1.807) is 30.6 Å². The van der Waals surface area contributed by atoms with Gasteiger partial charge in [0.1, 0.15) is 10.1 Å². The Kier molecular flexibility index (Phi) is 7.42. The number of H-pyrrole nitrogens is 1. The van der Waals surface area contributed by atoms with Gasteiger partial charge in [-0.1, -0.05) is 42.2 Å². The topological polar surface area (TPSA) is 87.3 Å². The van der Waals surface area contributed by atoms with Crippen molar-refractivity contribution in [2.24, 2.45) is 0 Å². The number of carbonyl (C=O) groups is 2. The standard InChI is InChI=1S/C20H22N4O3S2/c1-27-16-6-3-2-5-14(16)11-17-19(26)24(20(28)29-17)10-4-7-18(25)22-9-8-15-12-21-13-23-15/h2-3,5-6,11-13H,4,7-10H2,1H3,(H,21,23)(H,22,25). The summed E-state index contributed by atoms with van der Waals surface area (Å²) in [6, 6.07) is 7.50. The van der Waals surface area contributed by atoms with Crippen molar-refractivity contribution < 1.29 is 14.3 Å². The van der Waals surface area contributed by atoms with Gasteiger partial charge in [0.15, 0.2) is 0 Å². The molecule has 9 heteroatoms. The van der Waals surface area contributed by atoms with E-state index in [9.17, 15) is 9.59 Å². The molecule has 152 valence electrons. The van der Waals surface area contributed by atoms with Crippen LogP contribution < -0.4 is 10.1 Å². The quantitative estimate of drug-likeness (QED) is 0.470. The van der Waals surface area contributed by atoms with Gasteiger partial charge in [-0.05, 0) is 18.6 Å². The molecule has 1 aliphatic rings. The maximum absolute atomic E-state index is 12.7. The first-order valence-electron chi connectivity index (χ1n) is 9.21. The van der Waals surface area contributed by atoms with Crippen LogP contribution in [0.3, 0.4) is 0 Å². The molecule has 0 spiro atoms. The van der Waals surface area contributed by atoms with Crippen LogP contribution in [0.4, 0.5) is 0 Å². The minimum atomic E-state index is -0.134. The molecule has 2 N–H and O–H groups in total. The lowest BCUT2D eigenvalue weighted by atomic mass is 10.2. The Morgan fingerprint density at radius 3 is 3.00 bits per heavy atom. The zero-order valence-electron chi connectivity index (χ0n) is 16.0. The molecule has 7 nitrogen and oxygen atoms in total. The molecule has 2 amide bonds. The molecule has 0 aliphatic carbocycles. The van der Waals surface area contributed by atoms with Gasteiger partial charge < -0.3 is 15.0 Å². The van der Waals surface area contributed by atoms with Crippen molar-refractivity contribution in [3.63, 3.8) is 0 Å². The Morgan fingerprint density at radius 1 is 1.41 bits per heavy atom. The summed E-state index contributed by atoms with van der Waals surface area (Å²) in [7, 11) is 1.60. The summed E-state index contributed by atoms with van der Waals surface area (Å²) in [5.74, 6) is 0.523. The first-order valence-corrected chi connectivity index (χ1v) is 10.4. The van der Waals surface area contributed by atoms with Gasteiger partial charge in [-0.15, -0.1) is 0 Å². The Balaban J connectivity index is 1.47. The number of aromatic amines is 1. The van der Waals surface area contributed by atoms with E-state index >= 15 is 0 Å². The van der Waals surface area contributed by atoms with Crippen molar-refractivity contribution in [1.29, 1.82) is 0 Å². The number of thioether (sulfide) groups is 1. The summed E-state index contributed by atoms with van der Waals surface area (Å²) in [5.41, 5.74) is 1.80. The third-order valence-corrected chi connectivity index (χ3v) is 5.73. The molecule has 0 bridgehead atoms. The van der Waals surface area contributed by atoms with Gasteiger partial charge in [0.25, 0.3) is 5.91 Å². The zero-order valence-corrected chi connectivity index (χ0v) is 17.6. The summed E-state index contributed by atoms with van der Waals surface area (Å²) in [6.45, 7) is 0.964. The number of aromatic nitrogens is 2. The van der Waals surface area contributed by atoms with E-state index in [1.807, 2.05) is 24.3 Å². The highest BCUT2D eigenvalue weighted by molar-refractivity contribution is 8.26. The van der Waals surface area contributed by atoms with E-state index in [-0.39, 0.29) is 11.8 Å². The third kappa shape index (κ3) is 5.68. The van der Waals surface area contributed by atoms with Crippen LogP contribution in [0.15, 0.2) is 41.7 Å². The van der Waals surface area contributed by atoms with Crippen molar-refractivity contribution in [2.45, 2.75) is 19.3 Å². The number of ether oxygens (including phenoxy) is 1. The summed E-state index contributed by atoms with van der Waals surface area (Å²) < 4.78 is 5.84. The average molecular weight is 431 g/mol. The first-order chi connectivity index (χ1) is 14.1. The van der Waals surface area contributed by atoms with E-state index in [4.69, 9.17) is 17.0 Å². The van der Waals surface area contributed by atoms with Crippen molar-refractivity contribution in [3.05, 3.63) is 53.0 Å². The number of thiocarbonyl (C=S) groups is 1. The highest BCUT2D eigenvalue weighted by Crippen LogP contribution is 2.34. The molecule has 1 saturated heterocycles. The van der Waals surface area contributed by atoms with Gasteiger partial charge in [-0.3, -0.25) is 14.5 Å². The predicted octanol–water partition coefficient (Wildman–Crippen LogP) is 2.76. The van der Waals surface area contributed by atoms with E-state index in [0.29, 0.717) is 47.3 Å². The SMILES string of the molecule is COc1ccccc1C=C1SC(=S)N(CCCC(=O)NCCc2cnc[nH]2)C1=O. The fourth-order valence-corrected chi connectivity index (χ4v) is 4.16. The van der Waals surface area contributed by atoms with Crippen LogP contribution in [0, 0.1) is 0 Å². The van der Waals surface area contributed by atoms with Gasteiger partial charge >= 0.3 is 0 Å². The smallest absolute Gasteiger partial charge is 0.266 e. The molecular formula is C20H22N4O3S2. The van der Waals surface area contributed by atoms with Gasteiger partial charge in [-0.2, -0.15) is 0 Å². The summed E-state index contributed by atoms with van der Waals surface area (Å²) >= 11 is 6.62. The van der Waals surface area contributed by atoms with E-state index in [2.05, 4.69) is 15.3 Å². The van der Waals surface area contributed by atoms with Crippen LogP contribution in [0.5, 0.6) is 5.75 Å². The predicted molar refractivity (Wildman–Crippen MR) is 117 cm³/mol. The van der Waals surface area contributed by atoms with Crippen LogP contribution in [-0.2, 0) is 16.0 Å². The molecule has 29 heavy (non-hydrogen) atoms. The number of amides is 2. The number of methoxy groups -OCH3 is 1. The second-order valence-electron chi connectivity index (χ2n) is 6.36. The number of hydrogen-bond acceptors (Lipinski definition) is 6. The maximum Gasteiger partial charge on any atom is 0.266 e. The second-order valence-corrected chi connectivity index (χ2v) is 8.03. The largest absolute Gasteiger partial charge is 0.496 e. The number of para-hydroxylation sites is 1. The van der Waals surface area contributed by atoms with E-state index < -0.39 is 0 Å². The van der Waals surface area contributed by atoms with Crippen LogP contribution in [0.2, 0.25) is 0 Å². The number of rotatable bonds is 9. The second kappa shape index (κ2) is 10.2. The molecule has 0 saturated carbocycles. The maximum atomic E-state index is 12.7. The van der Waals surface area contributed by atoms with Crippen LogP contribution >= 0.6 is 24.0 Å². The number of nitrogens with zero attached hydrogens (tertiary/aromatic N) is 2. The number of imidazole rings is 1. The average Bonchev–Trinajstić information content (AvgIpc) is 3.32. The van der Waals surface area contributed by atoms with Crippen molar-refractivity contribution in [1.82, 2.24) is 20.2 Å². The van der Waals surface area contributed by atoms with Gasteiger partial charge in [-0.25, -0.2) is 4.98 Å². The monoisotopic (exact) mass is 430 g/mol. The minimum absolute atomic E-state index is 0.0421. The van der Waals surface area contributed by atoms with Gasteiger partial charge in [0, 0.05) is 43.4 Å². The van der Waals surface area contributed by atoms with Crippen molar-refractivity contribution in [2.75, 3.05) is 20.2 Å². The Morgan fingerprint density at radius 2 is 2.24 bits per heavy atom. The molecule has 2 aromatic rings. The van der Waals surface area contributed by atoms with Crippen LogP contribution in [0.25, 0.3) is 6.08 Å². The third-order valence-electron chi connectivity index (χ3n) is 4.36. The van der Waals surface area contributed by atoms with Crippen molar-refractivity contribution in [3.8, 4) is 5.75 Å². The Labute approximate surface area is 178 Å². The number of hydrogen-bond donors (Lipinski definition) is 2. The Hall–Kier alpha value is -2.65. The molecule has 0 radical (unpaired) electrons. The lowest BCUT2D eigenvalue weighted by Gasteiger charge is -2.14. The van der Waals surface area contributed by atoms with E-state index in [0.717, 1.165) is 11.3 Å². The normalized spacial score (nSPS) is 15.2. The molecule has 0 atom stereocenters. The molecule has 1 fully saturated rings. The molecule has 1 aromatic carbocycles. The minimum Gasteiger partial charge on any atom is -0.496 e. The molecule has 1 aromatic heterocycles.